The Morgan fingerprint density at radius 3 is 2.70 bits per heavy atom. The van der Waals surface area contributed by atoms with Crippen molar-refractivity contribution in [1.82, 2.24) is 0 Å². The zero-order valence-electron chi connectivity index (χ0n) is 12.2. The molecule has 1 saturated carbocycles. The smallest absolute Gasteiger partial charge is 0.124 e. The number of methoxy groups -OCH3 is 1. The first-order valence-electron chi connectivity index (χ1n) is 7.29. The lowest BCUT2D eigenvalue weighted by atomic mass is 9.90. The first-order chi connectivity index (χ1) is 9.70. The maximum atomic E-state index is 7.49. The number of ether oxygens (including phenoxy) is 2. The highest BCUT2D eigenvalue weighted by molar-refractivity contribution is 5.95. The Hall–Kier alpha value is -1.55. The Balaban J connectivity index is 1.93. The second-order valence-corrected chi connectivity index (χ2v) is 5.46. The van der Waals surface area contributed by atoms with Crippen molar-refractivity contribution in [3.05, 3.63) is 29.3 Å². The summed E-state index contributed by atoms with van der Waals surface area (Å²) in [5.41, 5.74) is 7.19. The molecule has 0 spiro atoms. The van der Waals surface area contributed by atoms with Gasteiger partial charge in [0.05, 0.1) is 13.7 Å². The van der Waals surface area contributed by atoms with E-state index in [1.807, 2.05) is 12.1 Å². The normalized spacial score (nSPS) is 16.1. The van der Waals surface area contributed by atoms with E-state index in [0.29, 0.717) is 18.1 Å². The number of nitrogens with two attached hydrogens (primary N) is 1. The van der Waals surface area contributed by atoms with Gasteiger partial charge in [0, 0.05) is 17.7 Å². The Morgan fingerprint density at radius 1 is 1.30 bits per heavy atom. The van der Waals surface area contributed by atoms with Crippen LogP contribution in [-0.2, 0) is 11.3 Å². The molecular weight excluding hydrogens is 252 g/mol. The highest BCUT2D eigenvalue weighted by Gasteiger charge is 2.14. The van der Waals surface area contributed by atoms with E-state index in [2.05, 4.69) is 0 Å². The van der Waals surface area contributed by atoms with Crippen molar-refractivity contribution in [2.45, 2.75) is 38.7 Å². The van der Waals surface area contributed by atoms with E-state index in [0.717, 1.165) is 17.9 Å². The van der Waals surface area contributed by atoms with Crippen molar-refractivity contribution in [2.75, 3.05) is 13.7 Å². The molecule has 20 heavy (non-hydrogen) atoms. The molecule has 0 saturated heterocycles. The van der Waals surface area contributed by atoms with Gasteiger partial charge in [-0.1, -0.05) is 19.3 Å². The summed E-state index contributed by atoms with van der Waals surface area (Å²) in [6.07, 6.45) is 6.59. The van der Waals surface area contributed by atoms with Gasteiger partial charge in [0.25, 0.3) is 0 Å². The number of nitrogens with one attached hydrogen (secondary N) is 1. The van der Waals surface area contributed by atoms with Crippen LogP contribution in [0.15, 0.2) is 18.2 Å². The number of hydrogen-bond donors (Lipinski definition) is 2. The van der Waals surface area contributed by atoms with Gasteiger partial charge in [0.2, 0.25) is 0 Å². The molecule has 0 bridgehead atoms. The molecule has 0 unspecified atom stereocenters. The summed E-state index contributed by atoms with van der Waals surface area (Å²) in [7, 11) is 1.65. The van der Waals surface area contributed by atoms with Crippen LogP contribution in [-0.4, -0.2) is 19.6 Å². The molecule has 1 aliphatic carbocycles. The summed E-state index contributed by atoms with van der Waals surface area (Å²) in [6, 6.07) is 5.52. The van der Waals surface area contributed by atoms with Crippen molar-refractivity contribution in [3.63, 3.8) is 0 Å². The summed E-state index contributed by atoms with van der Waals surface area (Å²) in [4.78, 5) is 0. The third kappa shape index (κ3) is 3.97. The lowest BCUT2D eigenvalue weighted by Gasteiger charge is -2.21. The van der Waals surface area contributed by atoms with Gasteiger partial charge in [-0.15, -0.1) is 0 Å². The topological polar surface area (TPSA) is 68.3 Å². The Morgan fingerprint density at radius 2 is 2.05 bits per heavy atom. The van der Waals surface area contributed by atoms with Crippen LogP contribution in [0.5, 0.6) is 5.75 Å². The van der Waals surface area contributed by atoms with Gasteiger partial charge in [0.1, 0.15) is 11.6 Å². The van der Waals surface area contributed by atoms with Crippen LogP contribution in [0.2, 0.25) is 0 Å². The summed E-state index contributed by atoms with van der Waals surface area (Å²) in [5, 5.41) is 7.49. The van der Waals surface area contributed by atoms with E-state index in [9.17, 15) is 0 Å². The lowest BCUT2D eigenvalue weighted by molar-refractivity contribution is 0.0727. The molecule has 4 nitrogen and oxygen atoms in total. The van der Waals surface area contributed by atoms with E-state index < -0.39 is 0 Å². The Labute approximate surface area is 120 Å². The predicted octanol–water partition coefficient (Wildman–Crippen LogP) is 3.08. The van der Waals surface area contributed by atoms with Gasteiger partial charge < -0.3 is 15.2 Å². The molecule has 0 aliphatic heterocycles. The van der Waals surface area contributed by atoms with Gasteiger partial charge in [-0.3, -0.25) is 5.41 Å². The summed E-state index contributed by atoms with van der Waals surface area (Å²) >= 11 is 0. The van der Waals surface area contributed by atoms with Crippen molar-refractivity contribution >= 4 is 5.84 Å². The van der Waals surface area contributed by atoms with Crippen molar-refractivity contribution in [2.24, 2.45) is 11.7 Å². The largest absolute Gasteiger partial charge is 0.496 e. The van der Waals surface area contributed by atoms with Crippen LogP contribution in [0.4, 0.5) is 0 Å². The van der Waals surface area contributed by atoms with Crippen molar-refractivity contribution < 1.29 is 9.47 Å². The summed E-state index contributed by atoms with van der Waals surface area (Å²) in [6.45, 7) is 1.33. The molecule has 0 heterocycles. The zero-order valence-corrected chi connectivity index (χ0v) is 12.2. The molecule has 2 rings (SSSR count). The molecule has 0 amide bonds. The fourth-order valence-corrected chi connectivity index (χ4v) is 2.75. The molecule has 3 N–H and O–H groups in total. The lowest BCUT2D eigenvalue weighted by Crippen LogP contribution is -2.14. The second-order valence-electron chi connectivity index (χ2n) is 5.46. The third-order valence-corrected chi connectivity index (χ3v) is 3.93. The third-order valence-electron chi connectivity index (χ3n) is 3.93. The van der Waals surface area contributed by atoms with Gasteiger partial charge >= 0.3 is 0 Å². The van der Waals surface area contributed by atoms with Crippen LogP contribution < -0.4 is 10.5 Å². The average Bonchev–Trinajstić information content (AvgIpc) is 2.48. The zero-order chi connectivity index (χ0) is 14.4. The van der Waals surface area contributed by atoms with Gasteiger partial charge in [-0.05, 0) is 37.0 Å². The minimum absolute atomic E-state index is 0.0705. The van der Waals surface area contributed by atoms with Crippen LogP contribution in [0.1, 0.15) is 43.2 Å². The number of nitrogen functional groups attached to an aromatic ring is 1. The SMILES string of the molecule is COc1ccc(C(=N)N)cc1COCC1CCCCC1. The van der Waals surface area contributed by atoms with Crippen molar-refractivity contribution in [1.29, 1.82) is 5.41 Å². The molecule has 4 heteroatoms. The molecule has 1 fully saturated rings. The van der Waals surface area contributed by atoms with Gasteiger partial charge in [-0.25, -0.2) is 0 Å². The van der Waals surface area contributed by atoms with E-state index >= 15 is 0 Å². The predicted molar refractivity (Wildman–Crippen MR) is 80.2 cm³/mol. The fraction of sp³-hybridized carbons (Fsp3) is 0.562. The standard InChI is InChI=1S/C16H24N2O2/c1-19-15-8-7-13(16(17)18)9-14(15)11-20-10-12-5-3-2-4-6-12/h7-9,12H,2-6,10-11H2,1H3,(H3,17,18). The number of benzene rings is 1. The number of hydrogen-bond acceptors (Lipinski definition) is 3. The molecule has 0 atom stereocenters. The second kappa shape index (κ2) is 7.29. The van der Waals surface area contributed by atoms with Crippen LogP contribution in [0.25, 0.3) is 0 Å². The monoisotopic (exact) mass is 276 g/mol. The molecule has 1 aromatic carbocycles. The average molecular weight is 276 g/mol. The minimum Gasteiger partial charge on any atom is -0.496 e. The minimum atomic E-state index is 0.0705. The highest BCUT2D eigenvalue weighted by atomic mass is 16.5. The Kier molecular flexibility index (Phi) is 5.41. The highest BCUT2D eigenvalue weighted by Crippen LogP contribution is 2.25. The maximum Gasteiger partial charge on any atom is 0.124 e. The van der Waals surface area contributed by atoms with Crippen LogP contribution in [0.3, 0.4) is 0 Å². The maximum absolute atomic E-state index is 7.49. The van der Waals surface area contributed by atoms with Crippen LogP contribution in [0, 0.1) is 11.3 Å². The van der Waals surface area contributed by atoms with Gasteiger partial charge in [-0.2, -0.15) is 0 Å². The molecule has 1 aromatic rings. The van der Waals surface area contributed by atoms with Gasteiger partial charge in [0.15, 0.2) is 0 Å². The van der Waals surface area contributed by atoms with Crippen LogP contribution >= 0.6 is 0 Å². The number of amidine groups is 1. The van der Waals surface area contributed by atoms with E-state index in [4.69, 9.17) is 20.6 Å². The quantitative estimate of drug-likeness (QED) is 0.619. The number of rotatable bonds is 6. The van der Waals surface area contributed by atoms with E-state index in [1.54, 1.807) is 13.2 Å². The molecule has 110 valence electrons. The molecule has 0 aromatic heterocycles. The van der Waals surface area contributed by atoms with E-state index in [1.165, 1.54) is 32.1 Å². The molecular formula is C16H24N2O2. The first kappa shape index (κ1) is 14.9. The molecule has 1 aliphatic rings. The summed E-state index contributed by atoms with van der Waals surface area (Å²) in [5.74, 6) is 1.56. The Bertz CT molecular complexity index is 454. The summed E-state index contributed by atoms with van der Waals surface area (Å²) < 4.78 is 11.2. The fourth-order valence-electron chi connectivity index (χ4n) is 2.75. The molecule has 0 radical (unpaired) electrons. The van der Waals surface area contributed by atoms with E-state index in [-0.39, 0.29) is 5.84 Å². The first-order valence-corrected chi connectivity index (χ1v) is 7.29. The van der Waals surface area contributed by atoms with Crippen molar-refractivity contribution in [3.8, 4) is 5.75 Å².